The molecule has 0 aromatic heterocycles. The molecule has 0 saturated heterocycles. The van der Waals surface area contributed by atoms with Gasteiger partial charge in [-0.2, -0.15) is 0 Å². The molecule has 2 atom stereocenters. The molecular weight excluding hydrogens is 282 g/mol. The number of ether oxygens (including phenoxy) is 1. The van der Waals surface area contributed by atoms with E-state index in [4.69, 9.17) is 4.74 Å². The van der Waals surface area contributed by atoms with Crippen LogP contribution in [-0.4, -0.2) is 23.5 Å². The number of thioether (sulfide) groups is 1. The van der Waals surface area contributed by atoms with Crippen LogP contribution in [0.2, 0.25) is 0 Å². The van der Waals surface area contributed by atoms with E-state index in [1.54, 1.807) is 0 Å². The Morgan fingerprint density at radius 3 is 2.67 bits per heavy atom. The van der Waals surface area contributed by atoms with Gasteiger partial charge >= 0.3 is 6.09 Å². The van der Waals surface area contributed by atoms with E-state index in [2.05, 4.69) is 29.6 Å². The van der Waals surface area contributed by atoms with E-state index in [0.29, 0.717) is 5.92 Å². The lowest BCUT2D eigenvalue weighted by Gasteiger charge is -2.21. The first-order chi connectivity index (χ1) is 9.92. The first kappa shape index (κ1) is 16.2. The number of amides is 1. The average molecular weight is 307 g/mol. The molecule has 0 bridgehead atoms. The van der Waals surface area contributed by atoms with Crippen LogP contribution in [0.1, 0.15) is 40.0 Å². The Balaban J connectivity index is 1.70. The molecule has 21 heavy (non-hydrogen) atoms. The number of benzene rings is 1. The summed E-state index contributed by atoms with van der Waals surface area (Å²) in [6.45, 7) is 5.67. The lowest BCUT2D eigenvalue weighted by molar-refractivity contribution is 0.0505. The van der Waals surface area contributed by atoms with Crippen LogP contribution in [0.5, 0.6) is 0 Å². The van der Waals surface area contributed by atoms with Crippen molar-refractivity contribution in [2.45, 2.75) is 56.6 Å². The molecule has 116 valence electrons. The van der Waals surface area contributed by atoms with E-state index in [9.17, 15) is 4.79 Å². The van der Waals surface area contributed by atoms with Gasteiger partial charge < -0.3 is 10.1 Å². The van der Waals surface area contributed by atoms with Crippen molar-refractivity contribution in [1.82, 2.24) is 5.32 Å². The van der Waals surface area contributed by atoms with E-state index in [1.165, 1.54) is 11.3 Å². The summed E-state index contributed by atoms with van der Waals surface area (Å²) in [5, 5.41) is 2.99. The second-order valence-electron chi connectivity index (χ2n) is 6.65. The number of nitrogens with one attached hydrogen (secondary N) is 1. The van der Waals surface area contributed by atoms with Crippen LogP contribution in [-0.2, 0) is 4.74 Å². The molecule has 1 N–H and O–H groups in total. The Kier molecular flexibility index (Phi) is 5.57. The van der Waals surface area contributed by atoms with Crippen LogP contribution in [0.15, 0.2) is 35.2 Å². The molecule has 0 spiro atoms. The molecule has 1 aliphatic carbocycles. The molecule has 1 aromatic carbocycles. The van der Waals surface area contributed by atoms with Gasteiger partial charge in [0.1, 0.15) is 5.60 Å². The number of alkyl carbamates (subject to hydrolysis) is 1. The minimum Gasteiger partial charge on any atom is -0.444 e. The monoisotopic (exact) mass is 307 g/mol. The van der Waals surface area contributed by atoms with Gasteiger partial charge in [-0.15, -0.1) is 11.8 Å². The molecule has 0 heterocycles. The van der Waals surface area contributed by atoms with Gasteiger partial charge in [0.15, 0.2) is 0 Å². The Hall–Kier alpha value is -1.16. The maximum Gasteiger partial charge on any atom is 0.407 e. The average Bonchev–Trinajstić information content (AvgIpc) is 2.83. The summed E-state index contributed by atoms with van der Waals surface area (Å²) in [7, 11) is 0. The van der Waals surface area contributed by atoms with E-state index < -0.39 is 5.60 Å². The molecule has 1 amide bonds. The molecule has 2 rings (SSSR count). The van der Waals surface area contributed by atoms with Gasteiger partial charge in [-0.05, 0) is 58.1 Å². The summed E-state index contributed by atoms with van der Waals surface area (Å²) in [5.41, 5.74) is -0.425. The zero-order valence-corrected chi connectivity index (χ0v) is 13.9. The van der Waals surface area contributed by atoms with Crippen molar-refractivity contribution in [1.29, 1.82) is 0 Å². The summed E-state index contributed by atoms with van der Waals surface area (Å²) in [4.78, 5) is 13.1. The maximum absolute atomic E-state index is 11.8. The molecule has 1 fully saturated rings. The van der Waals surface area contributed by atoms with E-state index in [1.807, 2.05) is 38.6 Å². The van der Waals surface area contributed by atoms with Gasteiger partial charge in [0.05, 0.1) is 0 Å². The Labute approximate surface area is 131 Å². The minimum atomic E-state index is -0.425. The molecular formula is C17H25NO2S. The van der Waals surface area contributed by atoms with Crippen molar-refractivity contribution >= 4 is 17.9 Å². The molecule has 1 saturated carbocycles. The van der Waals surface area contributed by atoms with Crippen LogP contribution >= 0.6 is 11.8 Å². The predicted molar refractivity (Wildman–Crippen MR) is 87.7 cm³/mol. The normalized spacial score (nSPS) is 22.0. The van der Waals surface area contributed by atoms with Crippen LogP contribution < -0.4 is 5.32 Å². The van der Waals surface area contributed by atoms with Gasteiger partial charge in [-0.1, -0.05) is 18.2 Å². The molecule has 0 aliphatic heterocycles. The Bertz CT molecular complexity index is 456. The first-order valence-corrected chi connectivity index (χ1v) is 8.58. The summed E-state index contributed by atoms with van der Waals surface area (Å²) in [6.07, 6.45) is 3.00. The van der Waals surface area contributed by atoms with Crippen molar-refractivity contribution < 1.29 is 9.53 Å². The maximum atomic E-state index is 11.8. The second kappa shape index (κ2) is 7.21. The zero-order chi connectivity index (χ0) is 15.3. The first-order valence-electron chi connectivity index (χ1n) is 7.60. The topological polar surface area (TPSA) is 38.3 Å². The van der Waals surface area contributed by atoms with Crippen molar-refractivity contribution in [3.8, 4) is 0 Å². The number of carbonyl (C=O) groups is 1. The SMILES string of the molecule is CC(C)(C)OC(=O)NC1CCC(CSc2ccccc2)C1. The third-order valence-corrected chi connectivity index (χ3v) is 4.73. The lowest BCUT2D eigenvalue weighted by Crippen LogP contribution is -2.38. The Morgan fingerprint density at radius 1 is 1.29 bits per heavy atom. The van der Waals surface area contributed by atoms with Crippen molar-refractivity contribution in [2.75, 3.05) is 5.75 Å². The third kappa shape index (κ3) is 6.00. The van der Waals surface area contributed by atoms with E-state index >= 15 is 0 Å². The molecule has 1 aromatic rings. The summed E-state index contributed by atoms with van der Waals surface area (Å²) in [5.74, 6) is 1.80. The van der Waals surface area contributed by atoms with Crippen molar-refractivity contribution in [3.05, 3.63) is 30.3 Å². The molecule has 3 nitrogen and oxygen atoms in total. The van der Waals surface area contributed by atoms with Crippen LogP contribution in [0.3, 0.4) is 0 Å². The smallest absolute Gasteiger partial charge is 0.407 e. The third-order valence-electron chi connectivity index (χ3n) is 3.49. The van der Waals surface area contributed by atoms with E-state index in [0.717, 1.165) is 18.6 Å². The summed E-state index contributed by atoms with van der Waals surface area (Å²) in [6, 6.07) is 10.8. The molecule has 2 unspecified atom stereocenters. The van der Waals surface area contributed by atoms with Gasteiger partial charge in [-0.25, -0.2) is 4.79 Å². The number of hydrogen-bond donors (Lipinski definition) is 1. The van der Waals surface area contributed by atoms with Crippen molar-refractivity contribution in [3.63, 3.8) is 0 Å². The number of carbonyl (C=O) groups excluding carboxylic acids is 1. The number of rotatable bonds is 4. The van der Waals surface area contributed by atoms with Crippen LogP contribution in [0, 0.1) is 5.92 Å². The minimum absolute atomic E-state index is 0.265. The highest BCUT2D eigenvalue weighted by Gasteiger charge is 2.27. The van der Waals surface area contributed by atoms with E-state index in [-0.39, 0.29) is 12.1 Å². The predicted octanol–water partition coefficient (Wildman–Crippen LogP) is 4.47. The Morgan fingerprint density at radius 2 is 2.00 bits per heavy atom. The van der Waals surface area contributed by atoms with Crippen LogP contribution in [0.25, 0.3) is 0 Å². The van der Waals surface area contributed by atoms with Gasteiger partial charge in [0.25, 0.3) is 0 Å². The highest BCUT2D eigenvalue weighted by Crippen LogP contribution is 2.31. The van der Waals surface area contributed by atoms with Gasteiger partial charge in [0.2, 0.25) is 0 Å². The highest BCUT2D eigenvalue weighted by atomic mass is 32.2. The van der Waals surface area contributed by atoms with Gasteiger partial charge in [0, 0.05) is 16.7 Å². The molecule has 0 radical (unpaired) electrons. The van der Waals surface area contributed by atoms with Gasteiger partial charge in [-0.3, -0.25) is 0 Å². The summed E-state index contributed by atoms with van der Waals surface area (Å²) >= 11 is 1.90. The summed E-state index contributed by atoms with van der Waals surface area (Å²) < 4.78 is 5.31. The standard InChI is InChI=1S/C17H25NO2S/c1-17(2,3)20-16(19)18-14-10-9-13(11-14)12-21-15-7-5-4-6-8-15/h4-8,13-14H,9-12H2,1-3H3,(H,18,19). The zero-order valence-electron chi connectivity index (χ0n) is 13.1. The van der Waals surface area contributed by atoms with Crippen LogP contribution in [0.4, 0.5) is 4.79 Å². The quantitative estimate of drug-likeness (QED) is 0.834. The molecule has 4 heteroatoms. The lowest BCUT2D eigenvalue weighted by atomic mass is 10.1. The fourth-order valence-electron chi connectivity index (χ4n) is 2.56. The van der Waals surface area contributed by atoms with Crippen molar-refractivity contribution in [2.24, 2.45) is 5.92 Å². The fraction of sp³-hybridized carbons (Fsp3) is 0.588. The second-order valence-corrected chi connectivity index (χ2v) is 7.74. The fourth-order valence-corrected chi connectivity index (χ4v) is 3.64. The highest BCUT2D eigenvalue weighted by molar-refractivity contribution is 7.99. The largest absolute Gasteiger partial charge is 0.444 e. The molecule has 1 aliphatic rings. The number of hydrogen-bond acceptors (Lipinski definition) is 3.